The van der Waals surface area contributed by atoms with Gasteiger partial charge in [0.15, 0.2) is 0 Å². The molecular weight excluding hydrogens is 400 g/mol. The lowest BCUT2D eigenvalue weighted by molar-refractivity contribution is -0.120. The number of amides is 1. The topological polar surface area (TPSA) is 59.4 Å². The fourth-order valence-corrected chi connectivity index (χ4v) is 5.42. The van der Waals surface area contributed by atoms with Gasteiger partial charge in [0.05, 0.1) is 23.5 Å². The van der Waals surface area contributed by atoms with E-state index in [2.05, 4.69) is 46.2 Å². The molecule has 32 heavy (non-hydrogen) atoms. The van der Waals surface area contributed by atoms with Gasteiger partial charge in [-0.25, -0.2) is 0 Å². The van der Waals surface area contributed by atoms with Crippen LogP contribution in [0.15, 0.2) is 24.4 Å². The van der Waals surface area contributed by atoms with Crippen molar-refractivity contribution >= 4 is 11.6 Å². The van der Waals surface area contributed by atoms with E-state index in [-0.39, 0.29) is 12.0 Å². The molecule has 1 aromatic carbocycles. The molecule has 2 aliphatic heterocycles. The molecule has 1 saturated heterocycles. The molecule has 2 aliphatic carbocycles. The second-order valence-electron chi connectivity index (χ2n) is 10.1. The quantitative estimate of drug-likeness (QED) is 0.754. The van der Waals surface area contributed by atoms with E-state index in [1.807, 2.05) is 0 Å². The van der Waals surface area contributed by atoms with Gasteiger partial charge in [0, 0.05) is 29.3 Å². The van der Waals surface area contributed by atoms with Crippen LogP contribution in [0, 0.1) is 5.92 Å². The average Bonchev–Trinajstić information content (AvgIpc) is 3.53. The summed E-state index contributed by atoms with van der Waals surface area (Å²) in [6.45, 7) is 4.29. The molecule has 4 aliphatic rings. The molecule has 170 valence electrons. The number of benzene rings is 1. The van der Waals surface area contributed by atoms with Crippen molar-refractivity contribution in [2.75, 3.05) is 18.0 Å². The third kappa shape index (κ3) is 3.62. The van der Waals surface area contributed by atoms with Crippen molar-refractivity contribution in [3.05, 3.63) is 30.0 Å². The van der Waals surface area contributed by atoms with Crippen molar-refractivity contribution in [3.8, 4) is 17.0 Å². The van der Waals surface area contributed by atoms with Gasteiger partial charge in [-0.3, -0.25) is 9.48 Å². The van der Waals surface area contributed by atoms with E-state index in [9.17, 15) is 4.79 Å². The van der Waals surface area contributed by atoms with Crippen LogP contribution in [-0.4, -0.2) is 40.9 Å². The summed E-state index contributed by atoms with van der Waals surface area (Å²) < 4.78 is 8.78. The molecule has 2 saturated carbocycles. The first-order valence-electron chi connectivity index (χ1n) is 12.6. The average molecular weight is 435 g/mol. The molecule has 1 amide bonds. The van der Waals surface area contributed by atoms with Crippen molar-refractivity contribution in [1.29, 1.82) is 0 Å². The molecule has 1 aromatic heterocycles. The zero-order valence-corrected chi connectivity index (χ0v) is 19.1. The molecule has 0 bridgehead atoms. The predicted molar refractivity (Wildman–Crippen MR) is 125 cm³/mol. The lowest BCUT2D eigenvalue weighted by Gasteiger charge is -2.38. The van der Waals surface area contributed by atoms with Crippen molar-refractivity contribution < 1.29 is 9.53 Å². The van der Waals surface area contributed by atoms with Crippen LogP contribution < -0.4 is 15.0 Å². The highest BCUT2D eigenvalue weighted by molar-refractivity contribution is 5.99. The summed E-state index contributed by atoms with van der Waals surface area (Å²) in [6, 6.07) is 7.14. The van der Waals surface area contributed by atoms with Gasteiger partial charge in [-0.2, -0.15) is 5.10 Å². The monoisotopic (exact) mass is 434 g/mol. The maximum absolute atomic E-state index is 13.1. The number of hydrogen-bond donors (Lipinski definition) is 1. The zero-order valence-electron chi connectivity index (χ0n) is 19.1. The summed E-state index contributed by atoms with van der Waals surface area (Å²) >= 11 is 0. The van der Waals surface area contributed by atoms with E-state index < -0.39 is 0 Å². The van der Waals surface area contributed by atoms with Crippen LogP contribution in [0.4, 0.5) is 5.69 Å². The fourth-order valence-electron chi connectivity index (χ4n) is 5.42. The minimum Gasteiger partial charge on any atom is -0.489 e. The summed E-state index contributed by atoms with van der Waals surface area (Å²) in [4.78, 5) is 15.2. The van der Waals surface area contributed by atoms with E-state index in [0.717, 1.165) is 87.2 Å². The van der Waals surface area contributed by atoms with E-state index in [1.165, 1.54) is 12.0 Å². The Kier molecular flexibility index (Phi) is 5.21. The second kappa shape index (κ2) is 8.22. The lowest BCUT2D eigenvalue weighted by Crippen LogP contribution is -2.43. The van der Waals surface area contributed by atoms with Crippen molar-refractivity contribution in [3.63, 3.8) is 0 Å². The molecule has 0 radical (unpaired) electrons. The largest absolute Gasteiger partial charge is 0.489 e. The number of anilines is 1. The van der Waals surface area contributed by atoms with Crippen molar-refractivity contribution in [2.45, 2.75) is 82.9 Å². The van der Waals surface area contributed by atoms with Gasteiger partial charge in [-0.1, -0.05) is 0 Å². The Balaban J connectivity index is 1.39. The summed E-state index contributed by atoms with van der Waals surface area (Å²) in [5.74, 6) is 1.50. The number of carbonyl (C=O) groups is 1. The fraction of sp³-hybridized carbons (Fsp3) is 0.615. The predicted octanol–water partition coefficient (Wildman–Crippen LogP) is 4.48. The Morgan fingerprint density at radius 2 is 1.88 bits per heavy atom. The van der Waals surface area contributed by atoms with Gasteiger partial charge in [-0.15, -0.1) is 0 Å². The smallest absolute Gasteiger partial charge is 0.230 e. The molecule has 3 heterocycles. The summed E-state index contributed by atoms with van der Waals surface area (Å²) in [5, 5.41) is 8.44. The molecule has 0 spiro atoms. The molecule has 0 unspecified atom stereocenters. The lowest BCUT2D eigenvalue weighted by atomic mass is 9.91. The van der Waals surface area contributed by atoms with Crippen LogP contribution in [0.3, 0.4) is 0 Å². The van der Waals surface area contributed by atoms with Gasteiger partial charge >= 0.3 is 0 Å². The highest BCUT2D eigenvalue weighted by Gasteiger charge is 2.39. The highest BCUT2D eigenvalue weighted by Crippen LogP contribution is 2.46. The number of hydrogen-bond acceptors (Lipinski definition) is 4. The molecule has 6 rings (SSSR count). The number of carbonyl (C=O) groups excluding carboxylic acids is 1. The third-order valence-electron chi connectivity index (χ3n) is 7.82. The third-order valence-corrected chi connectivity index (χ3v) is 7.82. The Labute approximate surface area is 190 Å². The van der Waals surface area contributed by atoms with Crippen LogP contribution in [0.2, 0.25) is 0 Å². The van der Waals surface area contributed by atoms with Crippen molar-refractivity contribution in [2.24, 2.45) is 5.92 Å². The first-order valence-corrected chi connectivity index (χ1v) is 12.6. The Morgan fingerprint density at radius 1 is 1.06 bits per heavy atom. The minimum absolute atomic E-state index is 0.222. The van der Waals surface area contributed by atoms with E-state index in [0.29, 0.717) is 18.1 Å². The van der Waals surface area contributed by atoms with E-state index >= 15 is 0 Å². The van der Waals surface area contributed by atoms with Crippen LogP contribution in [0.1, 0.15) is 69.9 Å². The van der Waals surface area contributed by atoms with Crippen LogP contribution >= 0.6 is 0 Å². The summed E-state index contributed by atoms with van der Waals surface area (Å²) in [5.41, 5.74) is 4.34. The van der Waals surface area contributed by atoms with Gasteiger partial charge in [0.2, 0.25) is 5.91 Å². The number of nitrogens with zero attached hydrogens (tertiary/aromatic N) is 3. The number of ether oxygens (including phenoxy) is 1. The van der Waals surface area contributed by atoms with E-state index in [4.69, 9.17) is 9.84 Å². The number of fused-ring (bicyclic) bond motifs is 1. The van der Waals surface area contributed by atoms with Gasteiger partial charge in [0.1, 0.15) is 5.75 Å². The van der Waals surface area contributed by atoms with Gasteiger partial charge in [0.25, 0.3) is 0 Å². The number of aromatic nitrogens is 2. The zero-order chi connectivity index (χ0) is 21.7. The number of rotatable bonds is 5. The summed E-state index contributed by atoms with van der Waals surface area (Å²) in [7, 11) is 0. The number of piperidine rings is 1. The minimum atomic E-state index is 0.222. The van der Waals surface area contributed by atoms with Crippen molar-refractivity contribution in [1.82, 2.24) is 15.1 Å². The molecule has 6 nitrogen and oxygen atoms in total. The molecule has 3 fully saturated rings. The first-order chi connectivity index (χ1) is 15.7. The normalized spacial score (nSPS) is 24.2. The van der Waals surface area contributed by atoms with Gasteiger partial charge < -0.3 is 15.0 Å². The van der Waals surface area contributed by atoms with Crippen LogP contribution in [-0.2, 0) is 11.2 Å². The molecule has 2 aromatic rings. The SMILES string of the molecule is C[C@H]1CCc2c(ccc(-c3ccn(C4CCNCC4)n3)c2OC2CCC2)N1C(=O)C1CC1. The van der Waals surface area contributed by atoms with Crippen LogP contribution in [0.25, 0.3) is 11.3 Å². The number of nitrogens with one attached hydrogen (secondary N) is 1. The van der Waals surface area contributed by atoms with Crippen LogP contribution in [0.5, 0.6) is 5.75 Å². The summed E-state index contributed by atoms with van der Waals surface area (Å²) in [6.07, 6.45) is 12.1. The van der Waals surface area contributed by atoms with Gasteiger partial charge in [-0.05, 0) is 96.0 Å². The van der Waals surface area contributed by atoms with E-state index in [1.54, 1.807) is 0 Å². The Bertz CT molecular complexity index is 1000. The molecule has 6 heteroatoms. The second-order valence-corrected chi connectivity index (χ2v) is 10.1. The maximum Gasteiger partial charge on any atom is 0.230 e. The molecular formula is C26H34N4O2. The maximum atomic E-state index is 13.1. The highest BCUT2D eigenvalue weighted by atomic mass is 16.5. The standard InChI is InChI=1S/C26H34N4O2/c1-17-5-8-22-24(30(17)26(31)18-6-7-18)10-9-21(25(22)32-20-3-2-4-20)23-13-16-29(28-23)19-11-14-27-15-12-19/h9-10,13,16-20,27H,2-8,11-12,14-15H2,1H3/t17-/m0/s1. The Hall–Kier alpha value is -2.34. The molecule has 1 atom stereocenters. The first kappa shape index (κ1) is 20.3. The Morgan fingerprint density at radius 3 is 2.59 bits per heavy atom. The molecule has 1 N–H and O–H groups in total.